The number of hydrogen-bond acceptors (Lipinski definition) is 3. The fourth-order valence-electron chi connectivity index (χ4n) is 1.95. The second-order valence-electron chi connectivity index (χ2n) is 4.17. The van der Waals surface area contributed by atoms with Crippen LogP contribution in [0.15, 0.2) is 28.4 Å². The van der Waals surface area contributed by atoms with Crippen LogP contribution in [0, 0.1) is 0 Å². The highest BCUT2D eigenvalue weighted by atomic mass is 35.5. The van der Waals surface area contributed by atoms with E-state index in [1.54, 1.807) is 0 Å². The van der Waals surface area contributed by atoms with Gasteiger partial charge in [0, 0.05) is 24.3 Å². The van der Waals surface area contributed by atoms with Crippen LogP contribution in [-0.4, -0.2) is 25.3 Å². The Hall–Kier alpha value is -1.75. The molecule has 96 valence electrons. The van der Waals surface area contributed by atoms with Gasteiger partial charge in [-0.05, 0) is 31.0 Å². The van der Waals surface area contributed by atoms with Gasteiger partial charge in [0.2, 0.25) is 5.96 Å². The number of hydrogen-bond donors (Lipinski definition) is 2. The number of nitrogens with two attached hydrogens (primary N) is 2. The normalized spacial score (nSPS) is 15.3. The Balaban J connectivity index is 2.14. The number of guanidine groups is 1. The molecule has 0 amide bonds. The molecule has 0 bridgehead atoms. The van der Waals surface area contributed by atoms with Crippen LogP contribution < -0.4 is 16.4 Å². The van der Waals surface area contributed by atoms with E-state index < -0.39 is 0 Å². The first-order valence-electron chi connectivity index (χ1n) is 5.83. The summed E-state index contributed by atoms with van der Waals surface area (Å²) < 4.78 is 0. The Labute approximate surface area is 111 Å². The van der Waals surface area contributed by atoms with E-state index in [1.165, 1.54) is 19.1 Å². The summed E-state index contributed by atoms with van der Waals surface area (Å²) in [5.74, 6) is -0.0731. The molecule has 18 heavy (non-hydrogen) atoms. The quantitative estimate of drug-likeness (QED) is 0.494. The van der Waals surface area contributed by atoms with Crippen LogP contribution >= 0.6 is 11.6 Å². The summed E-state index contributed by atoms with van der Waals surface area (Å²) in [6.07, 6.45) is 4.02. The van der Waals surface area contributed by atoms with Crippen molar-refractivity contribution in [1.82, 2.24) is 0 Å². The molecule has 1 saturated heterocycles. The smallest absolute Gasteiger partial charge is 0.211 e. The average Bonchev–Trinajstić information content (AvgIpc) is 2.84. The molecule has 1 fully saturated rings. The maximum atomic E-state index is 6.19. The van der Waals surface area contributed by atoms with E-state index in [1.807, 2.05) is 18.2 Å². The molecular weight excluding hydrogens is 250 g/mol. The predicted octanol–water partition coefficient (Wildman–Crippen LogP) is 1.55. The van der Waals surface area contributed by atoms with Gasteiger partial charge < -0.3 is 16.4 Å². The highest BCUT2D eigenvalue weighted by Crippen LogP contribution is 2.25. The minimum atomic E-state index is -0.0731. The summed E-state index contributed by atoms with van der Waals surface area (Å²) in [6, 6.07) is 5.90. The van der Waals surface area contributed by atoms with Crippen molar-refractivity contribution in [2.75, 3.05) is 18.0 Å². The first kappa shape index (κ1) is 12.7. The molecule has 1 heterocycles. The lowest BCUT2D eigenvalue weighted by Gasteiger charge is -2.18. The van der Waals surface area contributed by atoms with Crippen molar-refractivity contribution in [3.05, 3.63) is 28.8 Å². The first-order chi connectivity index (χ1) is 8.66. The zero-order chi connectivity index (χ0) is 13.0. The van der Waals surface area contributed by atoms with Gasteiger partial charge in [0.05, 0.1) is 11.2 Å². The molecule has 1 aliphatic heterocycles. The third-order valence-electron chi connectivity index (χ3n) is 2.83. The summed E-state index contributed by atoms with van der Waals surface area (Å²) >= 11 is 6.19. The number of rotatable bonds is 3. The van der Waals surface area contributed by atoms with E-state index in [2.05, 4.69) is 15.1 Å². The van der Waals surface area contributed by atoms with Crippen LogP contribution in [0.2, 0.25) is 5.02 Å². The third-order valence-corrected chi connectivity index (χ3v) is 3.15. The van der Waals surface area contributed by atoms with Gasteiger partial charge >= 0.3 is 0 Å². The molecule has 0 unspecified atom stereocenters. The molecule has 0 spiro atoms. The molecule has 1 aliphatic rings. The van der Waals surface area contributed by atoms with Gasteiger partial charge in [-0.2, -0.15) is 5.10 Å². The first-order valence-corrected chi connectivity index (χ1v) is 6.21. The van der Waals surface area contributed by atoms with Crippen molar-refractivity contribution in [3.63, 3.8) is 0 Å². The summed E-state index contributed by atoms with van der Waals surface area (Å²) in [6.45, 7) is 2.19. The number of benzene rings is 1. The van der Waals surface area contributed by atoms with E-state index in [4.69, 9.17) is 23.1 Å². The molecule has 0 aliphatic carbocycles. The molecule has 1 aromatic carbocycles. The summed E-state index contributed by atoms with van der Waals surface area (Å²) in [5.41, 5.74) is 12.3. The van der Waals surface area contributed by atoms with Crippen molar-refractivity contribution >= 4 is 29.5 Å². The Morgan fingerprint density at radius 2 is 2.00 bits per heavy atom. The average molecular weight is 266 g/mol. The molecule has 5 nitrogen and oxygen atoms in total. The minimum Gasteiger partial charge on any atom is -0.371 e. The molecule has 0 saturated carbocycles. The van der Waals surface area contributed by atoms with E-state index in [-0.39, 0.29) is 5.96 Å². The van der Waals surface area contributed by atoms with Crippen LogP contribution in [-0.2, 0) is 0 Å². The largest absolute Gasteiger partial charge is 0.371 e. The fourth-order valence-corrected chi connectivity index (χ4v) is 2.17. The molecule has 0 aromatic heterocycles. The van der Waals surface area contributed by atoms with Crippen molar-refractivity contribution in [2.45, 2.75) is 12.8 Å². The number of nitrogens with zero attached hydrogens (tertiary/aromatic N) is 3. The van der Waals surface area contributed by atoms with Crippen LogP contribution in [0.5, 0.6) is 0 Å². The lowest BCUT2D eigenvalue weighted by atomic mass is 10.2. The molecular formula is C12H16ClN5. The summed E-state index contributed by atoms with van der Waals surface area (Å²) in [5, 5.41) is 7.92. The van der Waals surface area contributed by atoms with Crippen molar-refractivity contribution in [2.24, 2.45) is 21.7 Å². The summed E-state index contributed by atoms with van der Waals surface area (Å²) in [7, 11) is 0. The molecule has 1 aromatic rings. The van der Waals surface area contributed by atoms with Gasteiger partial charge in [-0.1, -0.05) is 11.6 Å². The van der Waals surface area contributed by atoms with Gasteiger partial charge in [0.1, 0.15) is 0 Å². The Bertz CT molecular complexity index is 473. The molecule has 0 radical (unpaired) electrons. The zero-order valence-corrected chi connectivity index (χ0v) is 10.8. The Morgan fingerprint density at radius 3 is 2.61 bits per heavy atom. The SMILES string of the molecule is NC(N)=NN=Cc1ccc(N2CCCC2)cc1Cl. The van der Waals surface area contributed by atoms with E-state index in [0.29, 0.717) is 5.02 Å². The fraction of sp³-hybridized carbons (Fsp3) is 0.333. The highest BCUT2D eigenvalue weighted by molar-refractivity contribution is 6.33. The van der Waals surface area contributed by atoms with Crippen molar-refractivity contribution < 1.29 is 0 Å². The number of halogens is 1. The monoisotopic (exact) mass is 265 g/mol. The molecule has 6 heteroatoms. The topological polar surface area (TPSA) is 80.0 Å². The van der Waals surface area contributed by atoms with Crippen LogP contribution in [0.3, 0.4) is 0 Å². The zero-order valence-electron chi connectivity index (χ0n) is 10.0. The van der Waals surface area contributed by atoms with Gasteiger partial charge in [-0.25, -0.2) is 0 Å². The van der Waals surface area contributed by atoms with Gasteiger partial charge in [-0.3, -0.25) is 0 Å². The molecule has 0 atom stereocenters. The van der Waals surface area contributed by atoms with Crippen LogP contribution in [0.25, 0.3) is 0 Å². The lowest BCUT2D eigenvalue weighted by molar-refractivity contribution is 0.949. The van der Waals surface area contributed by atoms with Crippen LogP contribution in [0.4, 0.5) is 5.69 Å². The van der Waals surface area contributed by atoms with E-state index in [9.17, 15) is 0 Å². The Morgan fingerprint density at radius 1 is 1.28 bits per heavy atom. The van der Waals surface area contributed by atoms with Gasteiger partial charge in [-0.15, -0.1) is 5.10 Å². The van der Waals surface area contributed by atoms with Crippen molar-refractivity contribution in [1.29, 1.82) is 0 Å². The Kier molecular flexibility index (Phi) is 4.04. The minimum absolute atomic E-state index is 0.0731. The number of anilines is 1. The van der Waals surface area contributed by atoms with Gasteiger partial charge in [0.25, 0.3) is 0 Å². The maximum absolute atomic E-state index is 6.19. The standard InChI is InChI=1S/C12H16ClN5/c13-11-7-10(18-5-1-2-6-18)4-3-9(11)8-16-17-12(14)15/h3-4,7-8H,1-2,5-6H2,(H4,14,15,17). The van der Waals surface area contributed by atoms with Crippen LogP contribution in [0.1, 0.15) is 18.4 Å². The molecule has 2 rings (SSSR count). The molecule has 4 N–H and O–H groups in total. The van der Waals surface area contributed by atoms with E-state index in [0.717, 1.165) is 24.3 Å². The van der Waals surface area contributed by atoms with Crippen molar-refractivity contribution in [3.8, 4) is 0 Å². The maximum Gasteiger partial charge on any atom is 0.211 e. The third kappa shape index (κ3) is 3.13. The highest BCUT2D eigenvalue weighted by Gasteiger charge is 2.12. The summed E-state index contributed by atoms with van der Waals surface area (Å²) in [4.78, 5) is 2.32. The van der Waals surface area contributed by atoms with E-state index >= 15 is 0 Å². The van der Waals surface area contributed by atoms with Gasteiger partial charge in [0.15, 0.2) is 0 Å². The second-order valence-corrected chi connectivity index (χ2v) is 4.58. The predicted molar refractivity (Wildman–Crippen MR) is 76.3 cm³/mol. The lowest BCUT2D eigenvalue weighted by Crippen LogP contribution is -2.21. The second kappa shape index (κ2) is 5.73.